The smallest absolute Gasteiger partial charge is 0.309 e. The van der Waals surface area contributed by atoms with E-state index in [-0.39, 0.29) is 23.7 Å². The molecular weight excluding hydrogens is 286 g/mol. The molecule has 2 aliphatic rings. The fourth-order valence-corrected chi connectivity index (χ4v) is 2.87. The van der Waals surface area contributed by atoms with Crippen molar-refractivity contribution in [2.24, 2.45) is 18.9 Å². The Bertz CT molecular complexity index is 579. The number of hydrogen-bond acceptors (Lipinski definition) is 6. The van der Waals surface area contributed by atoms with Crippen LogP contribution in [0.1, 0.15) is 31.0 Å². The van der Waals surface area contributed by atoms with Gasteiger partial charge >= 0.3 is 5.97 Å². The van der Waals surface area contributed by atoms with Crippen LogP contribution in [0, 0.1) is 11.8 Å². The monoisotopic (exact) mass is 307 g/mol. The Kier molecular flexibility index (Phi) is 4.10. The predicted molar refractivity (Wildman–Crippen MR) is 78.1 cm³/mol. The van der Waals surface area contributed by atoms with Gasteiger partial charge in [0, 0.05) is 13.0 Å². The van der Waals surface area contributed by atoms with Gasteiger partial charge in [0.15, 0.2) is 5.82 Å². The van der Waals surface area contributed by atoms with Crippen LogP contribution in [0.15, 0.2) is 0 Å². The number of nitrogens with one attached hydrogen (secondary N) is 2. The van der Waals surface area contributed by atoms with Crippen molar-refractivity contribution in [2.75, 3.05) is 25.5 Å². The van der Waals surface area contributed by atoms with Crippen LogP contribution in [-0.2, 0) is 21.4 Å². The van der Waals surface area contributed by atoms with Gasteiger partial charge in [0.2, 0.25) is 11.9 Å². The summed E-state index contributed by atoms with van der Waals surface area (Å²) in [5.74, 6) is 0.403. The van der Waals surface area contributed by atoms with E-state index in [1.807, 2.05) is 0 Å². The van der Waals surface area contributed by atoms with Crippen molar-refractivity contribution in [1.29, 1.82) is 0 Å². The molecule has 22 heavy (non-hydrogen) atoms. The van der Waals surface area contributed by atoms with Gasteiger partial charge in [0.05, 0.1) is 18.9 Å². The maximum Gasteiger partial charge on any atom is 0.309 e. The Labute approximate surface area is 128 Å². The van der Waals surface area contributed by atoms with Crippen molar-refractivity contribution in [3.8, 4) is 0 Å². The summed E-state index contributed by atoms with van der Waals surface area (Å²) in [4.78, 5) is 28.0. The maximum atomic E-state index is 12.1. The lowest BCUT2D eigenvalue weighted by atomic mass is 9.98. The zero-order valence-electron chi connectivity index (χ0n) is 12.8. The quantitative estimate of drug-likeness (QED) is 0.762. The van der Waals surface area contributed by atoms with E-state index < -0.39 is 0 Å². The summed E-state index contributed by atoms with van der Waals surface area (Å²) in [5, 5.41) is 10.5. The summed E-state index contributed by atoms with van der Waals surface area (Å²) in [7, 11) is 3.10. The Morgan fingerprint density at radius 3 is 2.73 bits per heavy atom. The molecule has 1 aromatic heterocycles. The number of ether oxygens (including phenoxy) is 1. The molecule has 2 heterocycles. The molecule has 2 N–H and O–H groups in total. The Morgan fingerprint density at radius 2 is 2.05 bits per heavy atom. The van der Waals surface area contributed by atoms with Gasteiger partial charge in [0.1, 0.15) is 0 Å². The van der Waals surface area contributed by atoms with Crippen molar-refractivity contribution >= 4 is 17.8 Å². The number of esters is 1. The summed E-state index contributed by atoms with van der Waals surface area (Å²) >= 11 is 0. The molecule has 8 heteroatoms. The zero-order valence-corrected chi connectivity index (χ0v) is 12.8. The highest BCUT2D eigenvalue weighted by molar-refractivity contribution is 5.97. The van der Waals surface area contributed by atoms with E-state index in [0.29, 0.717) is 18.3 Å². The molecule has 120 valence electrons. The summed E-state index contributed by atoms with van der Waals surface area (Å²) in [5.41, 5.74) is 0. The maximum absolute atomic E-state index is 12.1. The second-order valence-electron chi connectivity index (χ2n) is 5.90. The van der Waals surface area contributed by atoms with E-state index in [1.165, 1.54) is 7.11 Å². The normalized spacial score (nSPS) is 24.8. The lowest BCUT2D eigenvalue weighted by Crippen LogP contribution is -2.27. The van der Waals surface area contributed by atoms with E-state index in [9.17, 15) is 9.59 Å². The van der Waals surface area contributed by atoms with Crippen LogP contribution >= 0.6 is 0 Å². The number of hydrogen-bond donors (Lipinski definition) is 2. The Morgan fingerprint density at radius 1 is 1.32 bits per heavy atom. The van der Waals surface area contributed by atoms with Crippen LogP contribution in [0.4, 0.5) is 5.95 Å². The summed E-state index contributed by atoms with van der Waals surface area (Å²) in [6.07, 6.45) is 2.55. The molecule has 0 bridgehead atoms. The highest BCUT2D eigenvalue weighted by Gasteiger charge is 2.49. The number of methoxy groups -OCH3 is 1. The van der Waals surface area contributed by atoms with Gasteiger partial charge in [-0.15, -0.1) is 0 Å². The van der Waals surface area contributed by atoms with Crippen LogP contribution in [-0.4, -0.2) is 46.8 Å². The number of piperidine rings is 1. The number of carbonyl (C=O) groups is 2. The van der Waals surface area contributed by atoms with E-state index in [1.54, 1.807) is 11.7 Å². The molecule has 0 aromatic carbocycles. The van der Waals surface area contributed by atoms with E-state index in [0.717, 1.165) is 31.8 Å². The molecule has 1 aliphatic heterocycles. The van der Waals surface area contributed by atoms with Gasteiger partial charge in [-0.25, -0.2) is 4.68 Å². The zero-order chi connectivity index (χ0) is 15.7. The van der Waals surface area contributed by atoms with Gasteiger partial charge in [-0.1, -0.05) is 0 Å². The minimum absolute atomic E-state index is 0.192. The minimum atomic E-state index is -0.325. The minimum Gasteiger partial charge on any atom is -0.469 e. The number of anilines is 1. The molecular formula is C14H21N5O3. The summed E-state index contributed by atoms with van der Waals surface area (Å²) in [6, 6.07) is 0. The lowest BCUT2D eigenvalue weighted by Gasteiger charge is -2.19. The third-order valence-electron chi connectivity index (χ3n) is 4.35. The SMILES string of the molecule is COC(=O)C1CC1C(=O)Nc1nc(C2CCNCC2)nn1C. The van der Waals surface area contributed by atoms with Crippen molar-refractivity contribution < 1.29 is 14.3 Å². The van der Waals surface area contributed by atoms with E-state index in [4.69, 9.17) is 0 Å². The van der Waals surface area contributed by atoms with Crippen LogP contribution in [0.3, 0.4) is 0 Å². The second-order valence-corrected chi connectivity index (χ2v) is 5.90. The third kappa shape index (κ3) is 2.96. The fraction of sp³-hybridized carbons (Fsp3) is 0.714. The summed E-state index contributed by atoms with van der Waals surface area (Å²) < 4.78 is 6.24. The number of rotatable bonds is 4. The molecule has 3 rings (SSSR count). The molecule has 1 amide bonds. The fourth-order valence-electron chi connectivity index (χ4n) is 2.87. The highest BCUT2D eigenvalue weighted by Crippen LogP contribution is 2.40. The molecule has 0 spiro atoms. The van der Waals surface area contributed by atoms with Gasteiger partial charge in [0.25, 0.3) is 0 Å². The van der Waals surface area contributed by atoms with Crippen LogP contribution < -0.4 is 10.6 Å². The molecule has 2 atom stereocenters. The predicted octanol–water partition coefficient (Wildman–Crippen LogP) is 0.0297. The van der Waals surface area contributed by atoms with Gasteiger partial charge in [-0.2, -0.15) is 10.1 Å². The van der Waals surface area contributed by atoms with Gasteiger partial charge in [-0.05, 0) is 32.4 Å². The standard InChI is InChI=1S/C14H21N5O3/c1-19-14(16-11(18-19)8-3-5-15-6-4-8)17-12(20)9-7-10(9)13(21)22-2/h8-10,15H,3-7H2,1-2H3,(H,16,17,18,20). The van der Waals surface area contributed by atoms with Crippen molar-refractivity contribution in [2.45, 2.75) is 25.2 Å². The average molecular weight is 307 g/mol. The van der Waals surface area contributed by atoms with E-state index >= 15 is 0 Å². The van der Waals surface area contributed by atoms with Crippen LogP contribution in [0.25, 0.3) is 0 Å². The Balaban J connectivity index is 1.62. The summed E-state index contributed by atoms with van der Waals surface area (Å²) in [6.45, 7) is 1.93. The molecule has 8 nitrogen and oxygen atoms in total. The average Bonchev–Trinajstić information content (AvgIpc) is 3.26. The largest absolute Gasteiger partial charge is 0.469 e. The lowest BCUT2D eigenvalue weighted by molar-refractivity contribution is -0.143. The number of aromatic nitrogens is 3. The van der Waals surface area contributed by atoms with Crippen molar-refractivity contribution in [1.82, 2.24) is 20.1 Å². The highest BCUT2D eigenvalue weighted by atomic mass is 16.5. The third-order valence-corrected chi connectivity index (χ3v) is 4.35. The molecule has 1 saturated carbocycles. The number of aryl methyl sites for hydroxylation is 1. The van der Waals surface area contributed by atoms with Crippen molar-refractivity contribution in [3.05, 3.63) is 5.82 Å². The first-order valence-electron chi connectivity index (χ1n) is 7.60. The molecule has 1 aromatic rings. The van der Waals surface area contributed by atoms with Crippen LogP contribution in [0.2, 0.25) is 0 Å². The second kappa shape index (κ2) is 6.04. The topological polar surface area (TPSA) is 98.1 Å². The molecule has 1 aliphatic carbocycles. The molecule has 2 fully saturated rings. The van der Waals surface area contributed by atoms with E-state index in [2.05, 4.69) is 25.5 Å². The first-order valence-corrected chi connectivity index (χ1v) is 7.60. The number of amides is 1. The van der Waals surface area contributed by atoms with Crippen LogP contribution in [0.5, 0.6) is 0 Å². The first-order chi connectivity index (χ1) is 10.6. The number of carbonyl (C=O) groups excluding carboxylic acids is 2. The molecule has 1 saturated heterocycles. The molecule has 2 unspecified atom stereocenters. The Hall–Kier alpha value is -1.96. The van der Waals surface area contributed by atoms with Gasteiger partial charge < -0.3 is 10.1 Å². The van der Waals surface area contributed by atoms with Crippen molar-refractivity contribution in [3.63, 3.8) is 0 Å². The number of nitrogens with zero attached hydrogens (tertiary/aromatic N) is 3. The molecule has 0 radical (unpaired) electrons. The van der Waals surface area contributed by atoms with Gasteiger partial charge in [-0.3, -0.25) is 14.9 Å². The first kappa shape index (κ1) is 15.0.